The maximum absolute atomic E-state index is 14.6. The molecule has 0 saturated carbocycles. The number of hydrazone groups is 1. The lowest BCUT2D eigenvalue weighted by Crippen LogP contribution is -2.18. The number of carbonyl (C=O) groups excluding carboxylic acids is 1. The van der Waals surface area contributed by atoms with E-state index in [2.05, 4.69) is 10.5 Å². The summed E-state index contributed by atoms with van der Waals surface area (Å²) in [4.78, 5) is 24.1. The summed E-state index contributed by atoms with van der Waals surface area (Å²) in [7, 11) is 1.26. The molecule has 0 saturated heterocycles. The van der Waals surface area contributed by atoms with E-state index in [-0.39, 0.29) is 70.8 Å². The summed E-state index contributed by atoms with van der Waals surface area (Å²) in [6.07, 6.45) is -3.61. The first kappa shape index (κ1) is 42.1. The van der Waals surface area contributed by atoms with Gasteiger partial charge in [0, 0.05) is 28.3 Å². The summed E-state index contributed by atoms with van der Waals surface area (Å²) in [5, 5.41) is 15.5. The number of nitro groups is 1. The molecular formula is C43H31F6N3O8. The molecular weight excluding hydrogens is 800 g/mol. The van der Waals surface area contributed by atoms with Crippen molar-refractivity contribution in [3.05, 3.63) is 182 Å². The molecule has 0 radical (unpaired) electrons. The normalized spacial score (nSPS) is 11.2. The van der Waals surface area contributed by atoms with Crippen molar-refractivity contribution in [3.63, 3.8) is 0 Å². The number of alkyl halides is 3. The Bertz CT molecular complexity index is 2480. The molecule has 6 aromatic carbocycles. The van der Waals surface area contributed by atoms with Gasteiger partial charge in [0.1, 0.15) is 37.3 Å². The van der Waals surface area contributed by atoms with Gasteiger partial charge in [-0.2, -0.15) is 18.3 Å². The van der Waals surface area contributed by atoms with Gasteiger partial charge in [-0.1, -0.05) is 54.6 Å². The number of halogens is 6. The third kappa shape index (κ3) is 10.5. The van der Waals surface area contributed by atoms with Gasteiger partial charge in [-0.05, 0) is 66.2 Å². The van der Waals surface area contributed by atoms with Crippen molar-refractivity contribution in [3.8, 4) is 34.5 Å². The van der Waals surface area contributed by atoms with E-state index in [4.69, 9.17) is 23.7 Å². The number of ether oxygens (including phenoxy) is 5. The fraction of sp³-hybridized carbons (Fsp3) is 0.116. The van der Waals surface area contributed by atoms with Crippen molar-refractivity contribution in [2.75, 3.05) is 7.11 Å². The third-order valence-corrected chi connectivity index (χ3v) is 8.57. The van der Waals surface area contributed by atoms with Crippen molar-refractivity contribution in [1.82, 2.24) is 5.43 Å². The Kier molecular flexibility index (Phi) is 13.2. The second kappa shape index (κ2) is 18.8. The lowest BCUT2D eigenvalue weighted by atomic mass is 10.1. The predicted molar refractivity (Wildman–Crippen MR) is 205 cm³/mol. The first-order valence-corrected chi connectivity index (χ1v) is 17.6. The molecule has 0 heterocycles. The fourth-order valence-corrected chi connectivity index (χ4v) is 5.49. The molecule has 308 valence electrons. The average Bonchev–Trinajstić information content (AvgIpc) is 3.23. The van der Waals surface area contributed by atoms with Crippen molar-refractivity contribution in [2.45, 2.75) is 26.0 Å². The molecule has 6 aromatic rings. The van der Waals surface area contributed by atoms with Crippen LogP contribution < -0.4 is 29.1 Å². The second-order valence-corrected chi connectivity index (χ2v) is 12.6. The minimum absolute atomic E-state index is 0.0127. The largest absolute Gasteiger partial charge is 0.493 e. The smallest absolute Gasteiger partial charge is 0.416 e. The topological polar surface area (TPSA) is 131 Å². The monoisotopic (exact) mass is 831 g/mol. The fourth-order valence-electron chi connectivity index (χ4n) is 5.49. The number of methoxy groups -OCH3 is 1. The van der Waals surface area contributed by atoms with Crippen LogP contribution in [0.1, 0.15) is 38.2 Å². The number of carbonyl (C=O) groups is 1. The van der Waals surface area contributed by atoms with Crippen molar-refractivity contribution < 1.29 is 59.7 Å². The molecule has 60 heavy (non-hydrogen) atoms. The summed E-state index contributed by atoms with van der Waals surface area (Å²) < 4.78 is 112. The Morgan fingerprint density at radius 1 is 0.683 bits per heavy atom. The molecule has 0 fully saturated rings. The summed E-state index contributed by atoms with van der Waals surface area (Å²) in [6, 6.07) is 26.0. The van der Waals surface area contributed by atoms with Crippen molar-refractivity contribution in [2.24, 2.45) is 5.10 Å². The number of amides is 1. The van der Waals surface area contributed by atoms with Crippen LogP contribution in [0, 0.1) is 27.6 Å². The number of benzene rings is 6. The minimum atomic E-state index is -4.82. The molecule has 0 aliphatic rings. The van der Waals surface area contributed by atoms with Crippen molar-refractivity contribution >= 4 is 17.8 Å². The van der Waals surface area contributed by atoms with Gasteiger partial charge in [0.05, 0.1) is 23.8 Å². The van der Waals surface area contributed by atoms with E-state index in [0.29, 0.717) is 17.7 Å². The molecule has 0 atom stereocenters. The van der Waals surface area contributed by atoms with Crippen LogP contribution in [0.25, 0.3) is 0 Å². The quantitative estimate of drug-likeness (QED) is 0.0442. The zero-order valence-electron chi connectivity index (χ0n) is 31.2. The van der Waals surface area contributed by atoms with Crippen LogP contribution >= 0.6 is 0 Å². The minimum Gasteiger partial charge on any atom is -0.493 e. The van der Waals surface area contributed by atoms with Crippen LogP contribution in [0.3, 0.4) is 0 Å². The summed E-state index contributed by atoms with van der Waals surface area (Å²) >= 11 is 0. The SMILES string of the molecule is COc1cc(C=NNC(=O)c2cc(OCc3ccccc3F)c(OCc3ccccc3F)c(OCc3ccccc3F)c2)ccc1Oc1ccc(C(F)(F)F)cc1[N+](=O)[O-]. The highest BCUT2D eigenvalue weighted by molar-refractivity contribution is 5.96. The zero-order chi connectivity index (χ0) is 42.8. The van der Waals surface area contributed by atoms with Gasteiger partial charge in [0.2, 0.25) is 11.5 Å². The maximum atomic E-state index is 14.6. The first-order valence-electron chi connectivity index (χ1n) is 17.6. The van der Waals surface area contributed by atoms with Crippen molar-refractivity contribution in [1.29, 1.82) is 0 Å². The van der Waals surface area contributed by atoms with Gasteiger partial charge < -0.3 is 23.7 Å². The van der Waals surface area contributed by atoms with Gasteiger partial charge in [-0.25, -0.2) is 18.6 Å². The predicted octanol–water partition coefficient (Wildman–Crippen LogP) is 10.3. The van der Waals surface area contributed by atoms with E-state index >= 15 is 0 Å². The highest BCUT2D eigenvalue weighted by atomic mass is 19.4. The van der Waals surface area contributed by atoms with Gasteiger partial charge in [-0.15, -0.1) is 0 Å². The lowest BCUT2D eigenvalue weighted by molar-refractivity contribution is -0.385. The number of rotatable bonds is 16. The third-order valence-electron chi connectivity index (χ3n) is 8.57. The van der Waals surface area contributed by atoms with Crippen LogP contribution in [-0.2, 0) is 26.0 Å². The zero-order valence-corrected chi connectivity index (χ0v) is 31.2. The molecule has 0 spiro atoms. The van der Waals surface area contributed by atoms with Gasteiger partial charge in [0.15, 0.2) is 23.0 Å². The highest BCUT2D eigenvalue weighted by Gasteiger charge is 2.33. The highest BCUT2D eigenvalue weighted by Crippen LogP contribution is 2.42. The van der Waals surface area contributed by atoms with E-state index < -0.39 is 51.5 Å². The number of hydrogen-bond acceptors (Lipinski definition) is 9. The molecule has 11 nitrogen and oxygen atoms in total. The van der Waals surface area contributed by atoms with Gasteiger partial charge in [-0.3, -0.25) is 14.9 Å². The Morgan fingerprint density at radius 3 is 1.70 bits per heavy atom. The molecule has 0 unspecified atom stereocenters. The molecule has 17 heteroatoms. The standard InChI is InChI=1S/C43H31F6N3O8/c1-56-38-18-26(14-16-37(38)60-36-17-15-31(43(47,48)49)21-35(36)52(54)55)22-50-51-42(53)30-19-39(57-23-27-8-2-5-11-32(27)44)41(59-25-29-10-4-7-13-34(29)46)40(20-30)58-24-28-9-3-6-12-33(28)45/h2-22H,23-25H2,1H3,(H,51,53). The average molecular weight is 832 g/mol. The van der Waals surface area contributed by atoms with E-state index in [9.17, 15) is 41.3 Å². The Hall–Kier alpha value is -7.56. The second-order valence-electron chi connectivity index (χ2n) is 12.6. The molecule has 1 amide bonds. The van der Waals surface area contributed by atoms with Gasteiger partial charge in [0.25, 0.3) is 5.91 Å². The molecule has 0 bridgehead atoms. The number of nitro benzene ring substituents is 1. The Morgan fingerprint density at radius 2 is 1.20 bits per heavy atom. The summed E-state index contributed by atoms with van der Waals surface area (Å²) in [6.45, 7) is -0.970. The van der Waals surface area contributed by atoms with Crippen LogP contribution in [0.5, 0.6) is 34.5 Å². The van der Waals surface area contributed by atoms with E-state index in [1.54, 1.807) is 18.2 Å². The molecule has 0 aliphatic heterocycles. The summed E-state index contributed by atoms with van der Waals surface area (Å²) in [5.74, 6) is -3.35. The summed E-state index contributed by atoms with van der Waals surface area (Å²) in [5.41, 5.74) is 0.912. The van der Waals surface area contributed by atoms with Crippen LogP contribution in [-0.4, -0.2) is 24.2 Å². The first-order chi connectivity index (χ1) is 28.8. The van der Waals surface area contributed by atoms with Crippen LogP contribution in [0.4, 0.5) is 32.0 Å². The van der Waals surface area contributed by atoms with Crippen LogP contribution in [0.15, 0.2) is 126 Å². The molecule has 0 aromatic heterocycles. The van der Waals surface area contributed by atoms with E-state index in [1.165, 1.54) is 98.3 Å². The number of nitrogens with one attached hydrogen (secondary N) is 1. The number of hydrogen-bond donors (Lipinski definition) is 1. The lowest BCUT2D eigenvalue weighted by Gasteiger charge is -2.19. The Labute approximate surface area is 337 Å². The van der Waals surface area contributed by atoms with E-state index in [1.807, 2.05) is 0 Å². The number of nitrogens with zero attached hydrogens (tertiary/aromatic N) is 2. The maximum Gasteiger partial charge on any atom is 0.416 e. The molecule has 0 aliphatic carbocycles. The van der Waals surface area contributed by atoms with Crippen LogP contribution in [0.2, 0.25) is 0 Å². The van der Waals surface area contributed by atoms with Gasteiger partial charge >= 0.3 is 11.9 Å². The Balaban J connectivity index is 1.27. The van der Waals surface area contributed by atoms with E-state index in [0.717, 1.165) is 6.07 Å². The molecule has 1 N–H and O–H groups in total. The molecule has 6 rings (SSSR count).